The highest BCUT2D eigenvalue weighted by Gasteiger charge is 2.32. The molecule has 1 aliphatic rings. The van der Waals surface area contributed by atoms with Gasteiger partial charge in [-0.2, -0.15) is 15.3 Å². The molecule has 4 aromatic rings. The molecule has 3 aromatic carbocycles. The molecule has 0 spiro atoms. The van der Waals surface area contributed by atoms with Gasteiger partial charge in [-0.15, -0.1) is 5.11 Å². The third-order valence-electron chi connectivity index (χ3n) is 8.65. The summed E-state index contributed by atoms with van der Waals surface area (Å²) in [4.78, 5) is 52.1. The highest BCUT2D eigenvalue weighted by molar-refractivity contribution is 5.76. The summed E-state index contributed by atoms with van der Waals surface area (Å²) >= 11 is 0. The largest absolute Gasteiger partial charge is 0.390 e. The molecule has 16 heteroatoms. The minimum Gasteiger partial charge on any atom is -0.390 e. The Morgan fingerprint density at radius 3 is 2.43 bits per heavy atom. The first-order valence-corrected chi connectivity index (χ1v) is 17.1. The van der Waals surface area contributed by atoms with Gasteiger partial charge < -0.3 is 20.1 Å². The summed E-state index contributed by atoms with van der Waals surface area (Å²) in [7, 11) is 1.92. The first kappa shape index (κ1) is 37.4. The normalized spacial score (nSPS) is 17.0. The van der Waals surface area contributed by atoms with Crippen molar-refractivity contribution in [3.63, 3.8) is 0 Å². The minimum atomic E-state index is -0.893. The van der Waals surface area contributed by atoms with Gasteiger partial charge in [0.25, 0.3) is 11.2 Å². The summed E-state index contributed by atoms with van der Waals surface area (Å²) < 4.78 is 14.1. The molecule has 3 atom stereocenters. The number of azo groups is 2. The molecule has 5 rings (SSSR count). The van der Waals surface area contributed by atoms with E-state index < -0.39 is 34.6 Å². The maximum atomic E-state index is 12.4. The number of aliphatic hydroxyl groups is 1. The zero-order chi connectivity index (χ0) is 39.6. The number of ether oxygens (including phenoxy) is 1. The van der Waals surface area contributed by atoms with Gasteiger partial charge >= 0.3 is 5.69 Å². The lowest BCUT2D eigenvalue weighted by Gasteiger charge is -2.19. The van der Waals surface area contributed by atoms with Crippen LogP contribution in [0, 0.1) is 42.7 Å². The molecular formula is C38H41N9O7. The standard InChI is InChI=1S/C38H41N9O7/c1-23-10-15-30(33(18-23)47(52)53)42-44-32-20-24(2)31(19-25(32)3)43-41-28-11-13-29(14-12-28)45(5)17-7-9-35(49)39-16-6-8-27-22-46(38(51)40-37(27)50)36-21-34(48)26(4)54-36/h10-15,18-20,22,26,34,36,48H,7,9,16-17,21H2,1-5H3,(H,39,49)(H,40,50,51)/i4D. The van der Waals surface area contributed by atoms with Crippen LogP contribution in [0.2, 0.25) is 0 Å². The van der Waals surface area contributed by atoms with Gasteiger partial charge in [0.15, 0.2) is 5.69 Å². The second-order valence-electron chi connectivity index (χ2n) is 12.8. The molecule has 0 radical (unpaired) electrons. The molecule has 1 amide bonds. The van der Waals surface area contributed by atoms with Crippen molar-refractivity contribution in [1.82, 2.24) is 14.9 Å². The molecule has 16 nitrogen and oxygen atoms in total. The van der Waals surface area contributed by atoms with E-state index in [1.165, 1.54) is 12.3 Å². The van der Waals surface area contributed by atoms with E-state index in [1.807, 2.05) is 62.2 Å². The van der Waals surface area contributed by atoms with Crippen LogP contribution < -0.4 is 21.5 Å². The van der Waals surface area contributed by atoms with Crippen LogP contribution in [0.25, 0.3) is 0 Å². The number of carbonyl (C=O) groups is 1. The highest BCUT2D eigenvalue weighted by Crippen LogP contribution is 2.34. The van der Waals surface area contributed by atoms with E-state index >= 15 is 0 Å². The number of H-pyrrole nitrogens is 1. The van der Waals surface area contributed by atoms with Crippen LogP contribution in [0.1, 0.15) is 56.0 Å². The van der Waals surface area contributed by atoms with E-state index in [0.717, 1.165) is 26.9 Å². The number of nitrogens with one attached hydrogen (secondary N) is 2. The lowest BCUT2D eigenvalue weighted by Crippen LogP contribution is -2.33. The number of amides is 1. The number of rotatable bonds is 12. The van der Waals surface area contributed by atoms with Crippen LogP contribution in [-0.2, 0) is 9.53 Å². The average molecular weight is 737 g/mol. The van der Waals surface area contributed by atoms with Crippen LogP contribution >= 0.6 is 0 Å². The van der Waals surface area contributed by atoms with Crippen molar-refractivity contribution < 1.29 is 20.9 Å². The van der Waals surface area contributed by atoms with Crippen molar-refractivity contribution in [2.45, 2.75) is 65.4 Å². The number of aryl methyl sites for hydroxylation is 3. The molecule has 3 unspecified atom stereocenters. The molecule has 1 aliphatic heterocycles. The zero-order valence-corrected chi connectivity index (χ0v) is 30.3. The van der Waals surface area contributed by atoms with Gasteiger partial charge in [-0.05, 0) is 93.2 Å². The fraction of sp³-hybridized carbons (Fsp3) is 0.342. The smallest absolute Gasteiger partial charge is 0.330 e. The molecule has 0 aliphatic carbocycles. The number of carbonyl (C=O) groups excluding carboxylic acids is 1. The predicted molar refractivity (Wildman–Crippen MR) is 202 cm³/mol. The van der Waals surface area contributed by atoms with Crippen LogP contribution in [0.4, 0.5) is 34.1 Å². The third kappa shape index (κ3) is 9.97. The maximum absolute atomic E-state index is 12.4. The van der Waals surface area contributed by atoms with E-state index in [0.29, 0.717) is 30.0 Å². The zero-order valence-electron chi connectivity index (χ0n) is 31.3. The lowest BCUT2D eigenvalue weighted by molar-refractivity contribution is -0.384. The Hall–Kier alpha value is -6.31. The van der Waals surface area contributed by atoms with E-state index in [4.69, 9.17) is 6.11 Å². The quantitative estimate of drug-likeness (QED) is 0.0653. The molecule has 0 bridgehead atoms. The fourth-order valence-corrected chi connectivity index (χ4v) is 5.51. The number of aromatic nitrogens is 2. The van der Waals surface area contributed by atoms with Crippen LogP contribution in [0.15, 0.2) is 90.8 Å². The van der Waals surface area contributed by atoms with Crippen molar-refractivity contribution in [1.29, 1.82) is 0 Å². The van der Waals surface area contributed by atoms with Crippen molar-refractivity contribution in [3.05, 3.63) is 114 Å². The number of hydrogen-bond acceptors (Lipinski definition) is 12. The average Bonchev–Trinajstić information content (AvgIpc) is 3.54. The first-order valence-electron chi connectivity index (χ1n) is 17.8. The van der Waals surface area contributed by atoms with E-state index in [2.05, 4.69) is 42.6 Å². The van der Waals surface area contributed by atoms with Gasteiger partial charge in [-0.1, -0.05) is 17.9 Å². The molecule has 0 saturated carbocycles. The van der Waals surface area contributed by atoms with Gasteiger partial charge in [-0.25, -0.2) is 4.79 Å². The summed E-state index contributed by atoms with van der Waals surface area (Å²) in [6.45, 7) is 5.94. The lowest BCUT2D eigenvalue weighted by atomic mass is 10.1. The SMILES string of the molecule is [2H]CC1OC(n2cc(C#CCNC(=O)CCCN(C)c3ccc(N=Nc4cc(C)c(N=Nc5ccc(C)cc5[N+](=O)[O-])cc4C)cc3)c(=O)[nH]c2=O)CC1O. The van der Waals surface area contributed by atoms with Crippen LogP contribution in [-0.4, -0.2) is 57.8 Å². The maximum Gasteiger partial charge on any atom is 0.330 e. The number of benzene rings is 3. The Bertz CT molecular complexity index is 2290. The number of nitro benzene ring substituents is 1. The van der Waals surface area contributed by atoms with Crippen LogP contribution in [0.5, 0.6) is 0 Å². The Kier molecular flexibility index (Phi) is 12.1. The van der Waals surface area contributed by atoms with E-state index in [1.54, 1.807) is 19.1 Å². The van der Waals surface area contributed by atoms with Crippen molar-refractivity contribution >= 4 is 40.0 Å². The van der Waals surface area contributed by atoms with Gasteiger partial charge in [0.2, 0.25) is 5.91 Å². The van der Waals surface area contributed by atoms with Crippen molar-refractivity contribution in [2.75, 3.05) is 25.0 Å². The highest BCUT2D eigenvalue weighted by atomic mass is 16.6. The topological polar surface area (TPSA) is 209 Å². The molecule has 2 heterocycles. The number of anilines is 1. The number of aromatic amines is 1. The van der Waals surface area contributed by atoms with Crippen LogP contribution in [0.3, 0.4) is 0 Å². The molecule has 1 saturated heterocycles. The molecular weight excluding hydrogens is 694 g/mol. The summed E-state index contributed by atoms with van der Waals surface area (Å²) in [5, 5.41) is 41.3. The third-order valence-corrected chi connectivity index (χ3v) is 8.65. The van der Waals surface area contributed by atoms with Crippen molar-refractivity contribution in [2.24, 2.45) is 20.5 Å². The number of nitrogens with zero attached hydrogens (tertiary/aromatic N) is 7. The first-order chi connectivity index (χ1) is 26.3. The Balaban J connectivity index is 1.08. The minimum absolute atomic E-state index is 0.00201. The molecule has 280 valence electrons. The second kappa shape index (κ2) is 17.5. The molecule has 1 aromatic heterocycles. The Morgan fingerprint density at radius 2 is 1.76 bits per heavy atom. The Morgan fingerprint density at radius 1 is 1.07 bits per heavy atom. The van der Waals surface area contributed by atoms with Crippen molar-refractivity contribution in [3.8, 4) is 11.8 Å². The fourth-order valence-electron chi connectivity index (χ4n) is 5.51. The van der Waals surface area contributed by atoms with E-state index in [9.17, 15) is 29.6 Å². The van der Waals surface area contributed by atoms with Gasteiger partial charge in [-0.3, -0.25) is 29.3 Å². The van der Waals surface area contributed by atoms with E-state index in [-0.39, 0.29) is 49.1 Å². The number of aliphatic hydroxyl groups excluding tert-OH is 1. The number of hydrogen-bond donors (Lipinski definition) is 3. The molecule has 1 fully saturated rings. The second-order valence-corrected chi connectivity index (χ2v) is 12.8. The Labute approximate surface area is 312 Å². The monoisotopic (exact) mass is 736 g/mol. The molecule has 3 N–H and O–H groups in total. The van der Waals surface area contributed by atoms with Gasteiger partial charge in [0, 0.05) is 45.8 Å². The summed E-state index contributed by atoms with van der Waals surface area (Å²) in [5.41, 5.74) is 3.84. The summed E-state index contributed by atoms with van der Waals surface area (Å²) in [6.07, 6.45) is -0.249. The predicted octanol–water partition coefficient (Wildman–Crippen LogP) is 6.25. The number of nitro groups is 1. The van der Waals surface area contributed by atoms with Gasteiger partial charge in [0.1, 0.15) is 11.8 Å². The van der Waals surface area contributed by atoms with Gasteiger partial charge in [0.05, 0.1) is 40.7 Å². The molecule has 54 heavy (non-hydrogen) atoms. The summed E-state index contributed by atoms with van der Waals surface area (Å²) in [5.74, 6) is 5.19. The summed E-state index contributed by atoms with van der Waals surface area (Å²) in [6, 6.07) is 15.9.